The normalized spacial score (nSPS) is 10.3. The predicted octanol–water partition coefficient (Wildman–Crippen LogP) is 3.16. The highest BCUT2D eigenvalue weighted by atomic mass is 32.2. The number of benzene rings is 1. The van der Waals surface area contributed by atoms with Crippen molar-refractivity contribution >= 4 is 22.9 Å². The highest BCUT2D eigenvalue weighted by molar-refractivity contribution is 8.13. The molecule has 1 N–H and O–H groups in total. The fraction of sp³-hybridized carbons (Fsp3) is 0.350. The highest BCUT2D eigenvalue weighted by Gasteiger charge is 2.13. The van der Waals surface area contributed by atoms with Crippen LogP contribution < -0.4 is 5.32 Å². The monoisotopic (exact) mass is 371 g/mol. The second-order valence-electron chi connectivity index (χ2n) is 5.90. The number of carbonyl (C=O) groups is 2. The molecule has 2 aromatic rings. The lowest BCUT2D eigenvalue weighted by molar-refractivity contribution is -0.109. The van der Waals surface area contributed by atoms with Crippen molar-refractivity contribution in [2.24, 2.45) is 0 Å². The number of nitrogens with one attached hydrogen (secondary N) is 1. The van der Waals surface area contributed by atoms with Gasteiger partial charge < -0.3 is 10.2 Å². The van der Waals surface area contributed by atoms with Crippen molar-refractivity contribution in [3.05, 3.63) is 66.0 Å². The summed E-state index contributed by atoms with van der Waals surface area (Å²) in [6.45, 7) is 3.31. The molecule has 6 heteroatoms. The van der Waals surface area contributed by atoms with E-state index in [0.29, 0.717) is 25.4 Å². The second kappa shape index (κ2) is 11.3. The van der Waals surface area contributed by atoms with Crippen molar-refractivity contribution in [3.8, 4) is 0 Å². The van der Waals surface area contributed by atoms with E-state index in [1.165, 1.54) is 17.3 Å². The molecule has 0 unspecified atom stereocenters. The van der Waals surface area contributed by atoms with Crippen LogP contribution in [-0.4, -0.2) is 46.4 Å². The topological polar surface area (TPSA) is 62.3 Å². The first-order valence-electron chi connectivity index (χ1n) is 8.74. The Morgan fingerprint density at radius 1 is 1.00 bits per heavy atom. The largest absolute Gasteiger partial charge is 0.338 e. The van der Waals surface area contributed by atoms with Gasteiger partial charge in [0.25, 0.3) is 0 Å². The van der Waals surface area contributed by atoms with Gasteiger partial charge in [0.1, 0.15) is 0 Å². The second-order valence-corrected chi connectivity index (χ2v) is 7.17. The number of hydrogen-bond donors (Lipinski definition) is 1. The molecule has 0 radical (unpaired) electrons. The quantitative estimate of drug-likeness (QED) is 0.735. The van der Waals surface area contributed by atoms with Crippen LogP contribution in [0.15, 0.2) is 54.9 Å². The summed E-state index contributed by atoms with van der Waals surface area (Å²) in [7, 11) is 0. The Kier molecular flexibility index (Phi) is 8.69. The maximum Gasteiger partial charge on any atom is 0.317 e. The van der Waals surface area contributed by atoms with Crippen molar-refractivity contribution in [1.29, 1.82) is 0 Å². The molecule has 0 saturated heterocycles. The maximum atomic E-state index is 12.5. The minimum absolute atomic E-state index is 0.0751. The Bertz CT molecular complexity index is 680. The summed E-state index contributed by atoms with van der Waals surface area (Å²) in [6, 6.07) is 13.9. The van der Waals surface area contributed by atoms with Crippen LogP contribution in [0.1, 0.15) is 18.1 Å². The van der Waals surface area contributed by atoms with Gasteiger partial charge >= 0.3 is 6.03 Å². The van der Waals surface area contributed by atoms with E-state index in [2.05, 4.69) is 22.4 Å². The van der Waals surface area contributed by atoms with Crippen molar-refractivity contribution in [1.82, 2.24) is 15.2 Å². The number of hydrogen-bond acceptors (Lipinski definition) is 4. The third kappa shape index (κ3) is 7.70. The fourth-order valence-electron chi connectivity index (χ4n) is 2.50. The first-order chi connectivity index (χ1) is 12.6. The standard InChI is InChI=1S/C20H25N3O2S/c1-17(24)26-16-15-23(14-10-18-5-3-2-4-6-18)20(25)22-13-9-19-7-11-21-12-8-19/h2-8,11-12H,9-10,13-16H2,1H3,(H,22,25). The van der Waals surface area contributed by atoms with Gasteiger partial charge in [-0.15, -0.1) is 0 Å². The van der Waals surface area contributed by atoms with E-state index in [0.717, 1.165) is 18.4 Å². The average Bonchev–Trinajstić information content (AvgIpc) is 2.66. The molecule has 2 amide bonds. The van der Waals surface area contributed by atoms with E-state index in [4.69, 9.17) is 0 Å². The van der Waals surface area contributed by atoms with Crippen molar-refractivity contribution in [2.75, 3.05) is 25.4 Å². The predicted molar refractivity (Wildman–Crippen MR) is 106 cm³/mol. The number of pyridine rings is 1. The van der Waals surface area contributed by atoms with E-state index in [-0.39, 0.29) is 11.1 Å². The molecule has 0 fully saturated rings. The van der Waals surface area contributed by atoms with Gasteiger partial charge in [-0.1, -0.05) is 42.1 Å². The van der Waals surface area contributed by atoms with Crippen LogP contribution in [0.3, 0.4) is 0 Å². The van der Waals surface area contributed by atoms with Gasteiger partial charge in [0.05, 0.1) is 0 Å². The van der Waals surface area contributed by atoms with Crippen LogP contribution in [0.4, 0.5) is 4.79 Å². The number of aromatic nitrogens is 1. The molecule has 5 nitrogen and oxygen atoms in total. The molecular weight excluding hydrogens is 346 g/mol. The van der Waals surface area contributed by atoms with Gasteiger partial charge in [-0.3, -0.25) is 9.78 Å². The van der Waals surface area contributed by atoms with Crippen molar-refractivity contribution in [2.45, 2.75) is 19.8 Å². The minimum Gasteiger partial charge on any atom is -0.338 e. The average molecular weight is 372 g/mol. The van der Waals surface area contributed by atoms with Crippen LogP contribution in [0.2, 0.25) is 0 Å². The van der Waals surface area contributed by atoms with Gasteiger partial charge in [0.2, 0.25) is 0 Å². The Hall–Kier alpha value is -2.34. The summed E-state index contributed by atoms with van der Waals surface area (Å²) in [5.74, 6) is 0.613. The van der Waals surface area contributed by atoms with E-state index in [1.807, 2.05) is 30.3 Å². The number of rotatable bonds is 9. The number of carbonyl (C=O) groups excluding carboxylic acids is 2. The number of thioether (sulfide) groups is 1. The van der Waals surface area contributed by atoms with Gasteiger partial charge in [-0.2, -0.15) is 0 Å². The van der Waals surface area contributed by atoms with Crippen LogP contribution >= 0.6 is 11.8 Å². The minimum atomic E-state index is -0.0841. The van der Waals surface area contributed by atoms with Crippen LogP contribution in [-0.2, 0) is 17.6 Å². The van der Waals surface area contributed by atoms with E-state index in [1.54, 1.807) is 24.2 Å². The maximum absolute atomic E-state index is 12.5. The van der Waals surface area contributed by atoms with E-state index < -0.39 is 0 Å². The molecule has 1 aromatic heterocycles. The highest BCUT2D eigenvalue weighted by Crippen LogP contribution is 2.06. The first kappa shape index (κ1) is 20.0. The zero-order valence-electron chi connectivity index (χ0n) is 15.1. The molecule has 0 aliphatic heterocycles. The van der Waals surface area contributed by atoms with Crippen LogP contribution in [0.25, 0.3) is 0 Å². The Morgan fingerprint density at radius 3 is 2.38 bits per heavy atom. The molecule has 0 bridgehead atoms. The van der Waals surface area contributed by atoms with Gasteiger partial charge in [-0.05, 0) is 36.1 Å². The summed E-state index contributed by atoms with van der Waals surface area (Å²) in [6.07, 6.45) is 5.07. The lowest BCUT2D eigenvalue weighted by atomic mass is 10.1. The van der Waals surface area contributed by atoms with Crippen molar-refractivity contribution in [3.63, 3.8) is 0 Å². The molecule has 138 valence electrons. The molecule has 0 aliphatic carbocycles. The van der Waals surface area contributed by atoms with Crippen LogP contribution in [0.5, 0.6) is 0 Å². The molecule has 1 aromatic carbocycles. The summed E-state index contributed by atoms with van der Waals surface area (Å²) < 4.78 is 0. The van der Waals surface area contributed by atoms with E-state index in [9.17, 15) is 9.59 Å². The SMILES string of the molecule is CC(=O)SCCN(CCc1ccccc1)C(=O)NCCc1ccncc1. The van der Waals surface area contributed by atoms with E-state index >= 15 is 0 Å². The summed E-state index contributed by atoms with van der Waals surface area (Å²) >= 11 is 1.25. The molecule has 1 heterocycles. The molecule has 0 atom stereocenters. The molecule has 0 aliphatic rings. The molecule has 0 saturated carbocycles. The van der Waals surface area contributed by atoms with Gasteiger partial charge in [-0.25, -0.2) is 4.79 Å². The molecule has 2 rings (SSSR count). The Labute approximate surface area is 159 Å². The first-order valence-corrected chi connectivity index (χ1v) is 9.72. The van der Waals surface area contributed by atoms with Gasteiger partial charge in [0.15, 0.2) is 5.12 Å². The Morgan fingerprint density at radius 2 is 1.69 bits per heavy atom. The Balaban J connectivity index is 1.83. The smallest absolute Gasteiger partial charge is 0.317 e. The lowest BCUT2D eigenvalue weighted by Gasteiger charge is -2.23. The molecule has 0 spiro atoms. The number of urea groups is 1. The van der Waals surface area contributed by atoms with Crippen LogP contribution in [0, 0.1) is 0 Å². The third-order valence-corrected chi connectivity index (χ3v) is 4.70. The molecular formula is C20H25N3O2S. The molecule has 26 heavy (non-hydrogen) atoms. The lowest BCUT2D eigenvalue weighted by Crippen LogP contribution is -2.43. The summed E-state index contributed by atoms with van der Waals surface area (Å²) in [5.41, 5.74) is 2.34. The number of nitrogens with zero attached hydrogens (tertiary/aromatic N) is 2. The summed E-state index contributed by atoms with van der Waals surface area (Å²) in [5, 5.41) is 3.05. The third-order valence-electron chi connectivity index (χ3n) is 3.91. The zero-order chi connectivity index (χ0) is 18.6. The fourth-order valence-corrected chi connectivity index (χ4v) is 3.10. The summed E-state index contributed by atoms with van der Waals surface area (Å²) in [4.78, 5) is 29.5. The number of amides is 2. The van der Waals surface area contributed by atoms with Gasteiger partial charge in [0, 0.05) is 44.7 Å². The van der Waals surface area contributed by atoms with Crippen molar-refractivity contribution < 1.29 is 9.59 Å². The zero-order valence-corrected chi connectivity index (χ0v) is 15.9.